The third-order valence-electron chi connectivity index (χ3n) is 9.49. The van der Waals surface area contributed by atoms with E-state index in [9.17, 15) is 14.4 Å². The van der Waals surface area contributed by atoms with E-state index in [1.54, 1.807) is 13.8 Å². The molecule has 2 aliphatic rings. The van der Waals surface area contributed by atoms with Crippen molar-refractivity contribution in [2.75, 3.05) is 19.8 Å². The fourth-order valence-electron chi connectivity index (χ4n) is 6.51. The molecule has 1 aliphatic heterocycles. The summed E-state index contributed by atoms with van der Waals surface area (Å²) in [4.78, 5) is 38.1. The molecule has 46 heavy (non-hydrogen) atoms. The van der Waals surface area contributed by atoms with Crippen LogP contribution in [-0.2, 0) is 28.6 Å². The molecule has 1 atom stereocenters. The van der Waals surface area contributed by atoms with Crippen molar-refractivity contribution >= 4 is 17.8 Å². The number of allylic oxidation sites excluding steroid dienone is 2. The van der Waals surface area contributed by atoms with Gasteiger partial charge in [-0.25, -0.2) is 0 Å². The second-order valence-electron chi connectivity index (χ2n) is 14.9. The molecule has 1 heterocycles. The summed E-state index contributed by atoms with van der Waals surface area (Å²) in [5.41, 5.74) is -0.757. The Labute approximate surface area is 280 Å². The molecule has 0 bridgehead atoms. The number of ether oxygens (including phenoxy) is 3. The number of rotatable bonds is 23. The average Bonchev–Trinajstić information content (AvgIpc) is 3.01. The Kier molecular flexibility index (Phi) is 19.1. The first-order valence-corrected chi connectivity index (χ1v) is 18.7. The van der Waals surface area contributed by atoms with Crippen molar-refractivity contribution in [3.63, 3.8) is 0 Å². The zero-order chi connectivity index (χ0) is 33.7. The van der Waals surface area contributed by atoms with Crippen LogP contribution < -0.4 is 10.6 Å². The highest BCUT2D eigenvalue weighted by Crippen LogP contribution is 2.35. The van der Waals surface area contributed by atoms with Crippen LogP contribution >= 0.6 is 0 Å². The normalized spacial score (nSPS) is 20.3. The molecular formula is C38H68N2O6. The maximum atomic E-state index is 12.9. The van der Waals surface area contributed by atoms with Gasteiger partial charge in [-0.3, -0.25) is 14.4 Å². The maximum absolute atomic E-state index is 12.9. The Balaban J connectivity index is 1.57. The summed E-state index contributed by atoms with van der Waals surface area (Å²) in [6, 6.07) is 0. The molecule has 2 N–H and O–H groups in total. The van der Waals surface area contributed by atoms with Crippen LogP contribution in [0.5, 0.6) is 0 Å². The van der Waals surface area contributed by atoms with E-state index >= 15 is 0 Å². The standard InChI is InChI=1S/C38H68N2O6/c1-6-7-8-9-10-11-12-13-14-15-16-17-18-19-21-24-32(41)40-38(26-22-20-23-27-38)28-30-44-33(42)25-29-39-35(43)34-36(2,3)31-45-37(4,5)46-34/h13-14,34H,6-12,15-31H2,1-5H3,(H,39,43)(H,40,41)/b14-13-. The molecular weight excluding hydrogens is 580 g/mol. The number of hydrogen-bond donors (Lipinski definition) is 2. The molecule has 2 rings (SSSR count). The fourth-order valence-corrected chi connectivity index (χ4v) is 6.51. The Morgan fingerprint density at radius 3 is 2.07 bits per heavy atom. The van der Waals surface area contributed by atoms with Gasteiger partial charge in [0.1, 0.15) is 6.10 Å². The summed E-state index contributed by atoms with van der Waals surface area (Å²) < 4.78 is 17.1. The van der Waals surface area contributed by atoms with E-state index in [2.05, 4.69) is 29.7 Å². The molecule has 0 aromatic rings. The quantitative estimate of drug-likeness (QED) is 0.0655. The second kappa shape index (κ2) is 21.8. The van der Waals surface area contributed by atoms with Crippen LogP contribution in [0.2, 0.25) is 0 Å². The van der Waals surface area contributed by atoms with Crippen molar-refractivity contribution in [1.29, 1.82) is 0 Å². The topological polar surface area (TPSA) is 103 Å². The fraction of sp³-hybridized carbons (Fsp3) is 0.868. The van der Waals surface area contributed by atoms with Crippen molar-refractivity contribution in [3.8, 4) is 0 Å². The number of carbonyl (C=O) groups is 3. The smallest absolute Gasteiger partial charge is 0.307 e. The van der Waals surface area contributed by atoms with Crippen LogP contribution in [-0.4, -0.2) is 55.0 Å². The molecule has 1 aliphatic carbocycles. The van der Waals surface area contributed by atoms with Gasteiger partial charge < -0.3 is 24.8 Å². The average molecular weight is 649 g/mol. The van der Waals surface area contributed by atoms with E-state index < -0.39 is 17.3 Å². The first kappa shape index (κ1) is 40.2. The van der Waals surface area contributed by atoms with Gasteiger partial charge in [0.25, 0.3) is 0 Å². The molecule has 2 amide bonds. The Morgan fingerprint density at radius 1 is 0.804 bits per heavy atom. The van der Waals surface area contributed by atoms with Gasteiger partial charge in [0, 0.05) is 30.3 Å². The van der Waals surface area contributed by atoms with E-state index in [0.29, 0.717) is 19.4 Å². The van der Waals surface area contributed by atoms with Crippen molar-refractivity contribution in [2.45, 2.75) is 187 Å². The molecule has 0 spiro atoms. The molecule has 1 unspecified atom stereocenters. The second-order valence-corrected chi connectivity index (χ2v) is 14.9. The Hall–Kier alpha value is -1.93. The summed E-state index contributed by atoms with van der Waals surface area (Å²) >= 11 is 0. The molecule has 1 saturated carbocycles. The molecule has 266 valence electrons. The van der Waals surface area contributed by atoms with Crippen molar-refractivity contribution in [3.05, 3.63) is 12.2 Å². The number of hydrogen-bond acceptors (Lipinski definition) is 6. The Morgan fingerprint density at radius 2 is 1.41 bits per heavy atom. The molecule has 0 aromatic carbocycles. The summed E-state index contributed by atoms with van der Waals surface area (Å²) in [6.45, 7) is 10.6. The van der Waals surface area contributed by atoms with Gasteiger partial charge in [0.15, 0.2) is 5.79 Å². The number of esters is 1. The summed E-state index contributed by atoms with van der Waals surface area (Å²) in [6.07, 6.45) is 26.7. The minimum absolute atomic E-state index is 0.0909. The van der Waals surface area contributed by atoms with Gasteiger partial charge in [0.05, 0.1) is 19.6 Å². The van der Waals surface area contributed by atoms with Crippen LogP contribution in [0, 0.1) is 5.41 Å². The van der Waals surface area contributed by atoms with Gasteiger partial charge in [-0.05, 0) is 58.8 Å². The van der Waals surface area contributed by atoms with Crippen LogP contribution in [0.15, 0.2) is 12.2 Å². The van der Waals surface area contributed by atoms with Crippen LogP contribution in [0.3, 0.4) is 0 Å². The van der Waals surface area contributed by atoms with E-state index in [4.69, 9.17) is 14.2 Å². The highest BCUT2D eigenvalue weighted by molar-refractivity contribution is 5.82. The lowest BCUT2D eigenvalue weighted by molar-refractivity contribution is -0.304. The molecule has 1 saturated heterocycles. The molecule has 2 fully saturated rings. The monoisotopic (exact) mass is 649 g/mol. The van der Waals surface area contributed by atoms with Crippen molar-refractivity contribution < 1.29 is 28.6 Å². The van der Waals surface area contributed by atoms with E-state index in [0.717, 1.165) is 38.5 Å². The summed E-state index contributed by atoms with van der Waals surface area (Å²) in [5.74, 6) is -1.30. The first-order chi connectivity index (χ1) is 22.0. The molecule has 8 heteroatoms. The highest BCUT2D eigenvalue weighted by atomic mass is 16.7. The predicted octanol–water partition coefficient (Wildman–Crippen LogP) is 8.46. The number of carbonyl (C=O) groups excluding carboxylic acids is 3. The predicted molar refractivity (Wildman–Crippen MR) is 185 cm³/mol. The number of amides is 2. The van der Waals surface area contributed by atoms with E-state index in [1.807, 2.05) is 13.8 Å². The lowest BCUT2D eigenvalue weighted by atomic mass is 9.79. The van der Waals surface area contributed by atoms with E-state index in [1.165, 1.54) is 77.0 Å². The summed E-state index contributed by atoms with van der Waals surface area (Å²) in [7, 11) is 0. The van der Waals surface area contributed by atoms with Gasteiger partial charge in [-0.2, -0.15) is 0 Å². The molecule has 8 nitrogen and oxygen atoms in total. The van der Waals surface area contributed by atoms with Gasteiger partial charge in [0.2, 0.25) is 11.8 Å². The first-order valence-electron chi connectivity index (χ1n) is 18.7. The molecule has 0 radical (unpaired) electrons. The van der Waals surface area contributed by atoms with Crippen LogP contribution in [0.25, 0.3) is 0 Å². The van der Waals surface area contributed by atoms with Crippen molar-refractivity contribution in [2.24, 2.45) is 5.41 Å². The lowest BCUT2D eigenvalue weighted by Crippen LogP contribution is -2.56. The Bertz CT molecular complexity index is 909. The van der Waals surface area contributed by atoms with Crippen LogP contribution in [0.1, 0.15) is 169 Å². The highest BCUT2D eigenvalue weighted by Gasteiger charge is 2.45. The third kappa shape index (κ3) is 16.8. The van der Waals surface area contributed by atoms with Crippen molar-refractivity contribution in [1.82, 2.24) is 10.6 Å². The minimum Gasteiger partial charge on any atom is -0.466 e. The van der Waals surface area contributed by atoms with Gasteiger partial charge in [-0.1, -0.05) is 104 Å². The van der Waals surface area contributed by atoms with E-state index in [-0.39, 0.29) is 42.9 Å². The molecule has 0 aromatic heterocycles. The third-order valence-corrected chi connectivity index (χ3v) is 9.49. The zero-order valence-corrected chi connectivity index (χ0v) is 30.2. The van der Waals surface area contributed by atoms with Gasteiger partial charge >= 0.3 is 5.97 Å². The van der Waals surface area contributed by atoms with Gasteiger partial charge in [-0.15, -0.1) is 0 Å². The van der Waals surface area contributed by atoms with Crippen LogP contribution in [0.4, 0.5) is 0 Å². The lowest BCUT2D eigenvalue weighted by Gasteiger charge is -2.44. The minimum atomic E-state index is -0.828. The number of unbranched alkanes of at least 4 members (excludes halogenated alkanes) is 11. The largest absolute Gasteiger partial charge is 0.466 e. The SMILES string of the molecule is CCCCCCCC/C=C\CCCCCCCC(=O)NC1(CCOC(=O)CCNC(=O)C2OC(C)(C)OCC2(C)C)CCCCC1. The zero-order valence-electron chi connectivity index (χ0n) is 30.2. The maximum Gasteiger partial charge on any atom is 0.307 e. The summed E-state index contributed by atoms with van der Waals surface area (Å²) in [5, 5.41) is 6.17. The number of nitrogens with one attached hydrogen (secondary N) is 2.